The van der Waals surface area contributed by atoms with Gasteiger partial charge in [0, 0.05) is 41.6 Å². The molecule has 1 aliphatic heterocycles. The summed E-state index contributed by atoms with van der Waals surface area (Å²) in [5.74, 6) is 0.672. The van der Waals surface area contributed by atoms with E-state index in [1.165, 1.54) is 0 Å². The van der Waals surface area contributed by atoms with Crippen molar-refractivity contribution >= 4 is 18.0 Å². The number of rotatable bonds is 8. The predicted octanol–water partition coefficient (Wildman–Crippen LogP) is 1.42. The van der Waals surface area contributed by atoms with Gasteiger partial charge in [-0.2, -0.15) is 10.4 Å². The Bertz CT molecular complexity index is 1230. The summed E-state index contributed by atoms with van der Waals surface area (Å²) in [7, 11) is 1.56. The highest BCUT2D eigenvalue weighted by Crippen LogP contribution is 2.39. The van der Waals surface area contributed by atoms with Gasteiger partial charge in [0.2, 0.25) is 12.3 Å². The second-order valence-electron chi connectivity index (χ2n) is 8.61. The van der Waals surface area contributed by atoms with Gasteiger partial charge in [-0.05, 0) is 32.3 Å². The van der Waals surface area contributed by atoms with Gasteiger partial charge >= 0.3 is 0 Å². The van der Waals surface area contributed by atoms with Gasteiger partial charge in [0.15, 0.2) is 5.69 Å². The highest BCUT2D eigenvalue weighted by molar-refractivity contribution is 5.83. The predicted molar refractivity (Wildman–Crippen MR) is 137 cm³/mol. The zero-order valence-electron chi connectivity index (χ0n) is 20.9. The molecule has 1 atom stereocenters. The Hall–Kier alpha value is -4.50. The van der Waals surface area contributed by atoms with Crippen LogP contribution in [-0.2, 0) is 14.3 Å². The van der Waals surface area contributed by atoms with Gasteiger partial charge in [-0.15, -0.1) is 0 Å². The van der Waals surface area contributed by atoms with Crippen LogP contribution in [0.4, 0.5) is 5.69 Å². The molecule has 8 N–H and O–H groups in total. The molecule has 1 aromatic heterocycles. The largest absolute Gasteiger partial charge is 0.494 e. The van der Waals surface area contributed by atoms with Crippen LogP contribution in [0.2, 0.25) is 0 Å². The van der Waals surface area contributed by atoms with Crippen LogP contribution in [0.3, 0.4) is 0 Å². The summed E-state index contributed by atoms with van der Waals surface area (Å²) in [5, 5.41) is 20.1. The molecule has 1 saturated heterocycles. The minimum absolute atomic E-state index is 0.0362. The maximum atomic E-state index is 12.0. The minimum Gasteiger partial charge on any atom is -0.494 e. The number of primary amides is 1. The van der Waals surface area contributed by atoms with E-state index < -0.39 is 0 Å². The lowest BCUT2D eigenvalue weighted by molar-refractivity contribution is -0.121. The second-order valence-corrected chi connectivity index (χ2v) is 8.61. The molecule has 2 amide bonds. The number of anilines is 1. The summed E-state index contributed by atoms with van der Waals surface area (Å²) in [5.41, 5.74) is 19.6. The normalized spacial score (nSPS) is 17.5. The number of carbonyl (C=O) groups is 2. The van der Waals surface area contributed by atoms with Crippen LogP contribution < -0.4 is 32.6 Å². The van der Waals surface area contributed by atoms with Gasteiger partial charge in [-0.3, -0.25) is 14.3 Å². The van der Waals surface area contributed by atoms with Crippen LogP contribution >= 0.6 is 0 Å². The highest BCUT2D eigenvalue weighted by atomic mass is 16.5. The number of hydrogen-bond acceptors (Lipinski definition) is 9. The van der Waals surface area contributed by atoms with Crippen LogP contribution in [0.15, 0.2) is 47.7 Å². The maximum absolute atomic E-state index is 12.0. The molecule has 196 valence electrons. The zero-order valence-corrected chi connectivity index (χ0v) is 20.9. The fraction of sp³-hybridized carbons (Fsp3) is 0.360. The molecule has 1 saturated carbocycles. The molecule has 37 heavy (non-hydrogen) atoms. The van der Waals surface area contributed by atoms with E-state index in [2.05, 4.69) is 27.5 Å². The lowest BCUT2D eigenvalue weighted by Gasteiger charge is -2.17. The fourth-order valence-electron chi connectivity index (χ4n) is 3.83. The van der Waals surface area contributed by atoms with E-state index in [9.17, 15) is 10.1 Å². The first-order valence-corrected chi connectivity index (χ1v) is 11.7. The minimum atomic E-state index is -0.0870. The molecule has 2 fully saturated rings. The summed E-state index contributed by atoms with van der Waals surface area (Å²) < 4.78 is 13.0. The Morgan fingerprint density at radius 3 is 2.59 bits per heavy atom. The molecule has 2 aromatic rings. The number of ether oxygens (including phenoxy) is 2. The second kappa shape index (κ2) is 12.5. The number of allylic oxidation sites excluding steroid dienone is 2. The number of nitrogens with one attached hydrogen (secondary N) is 2. The molecule has 1 aromatic carbocycles. The van der Waals surface area contributed by atoms with Crippen molar-refractivity contribution in [1.29, 1.82) is 5.26 Å². The van der Waals surface area contributed by atoms with E-state index in [4.69, 9.17) is 25.7 Å². The molecule has 2 heterocycles. The van der Waals surface area contributed by atoms with Crippen molar-refractivity contribution in [2.75, 3.05) is 25.6 Å². The molecule has 1 unspecified atom stereocenters. The average Bonchev–Trinajstić information content (AvgIpc) is 3.41. The number of benzene rings is 1. The third-order valence-electron chi connectivity index (χ3n) is 5.84. The first-order chi connectivity index (χ1) is 17.8. The molecule has 12 heteroatoms. The van der Waals surface area contributed by atoms with Gasteiger partial charge in [0.05, 0.1) is 31.1 Å². The molecule has 0 spiro atoms. The number of para-hydroxylation sites is 1. The van der Waals surface area contributed by atoms with Crippen LogP contribution in [-0.4, -0.2) is 42.4 Å². The van der Waals surface area contributed by atoms with Crippen molar-refractivity contribution < 1.29 is 19.1 Å². The summed E-state index contributed by atoms with van der Waals surface area (Å²) >= 11 is 0. The van der Waals surface area contributed by atoms with E-state index in [0.717, 1.165) is 19.3 Å². The number of aromatic nitrogens is 2. The molecular formula is C25H32N8O4. The summed E-state index contributed by atoms with van der Waals surface area (Å²) in [6, 6.07) is 7.83. The number of carbonyl (C=O) groups excluding carboxylic acids is 2. The van der Waals surface area contributed by atoms with Crippen molar-refractivity contribution in [3.05, 3.63) is 53.4 Å². The van der Waals surface area contributed by atoms with Gasteiger partial charge in [-0.25, -0.2) is 0 Å². The van der Waals surface area contributed by atoms with Crippen LogP contribution in [0, 0.1) is 17.2 Å². The fourth-order valence-corrected chi connectivity index (χ4v) is 3.83. The Kier molecular flexibility index (Phi) is 9.12. The first-order valence-electron chi connectivity index (χ1n) is 11.7. The Morgan fingerprint density at radius 2 is 2.03 bits per heavy atom. The molecular weight excluding hydrogens is 476 g/mol. The number of hydrogen-bond donors (Lipinski definition) is 5. The Balaban J connectivity index is 0.00000121. The summed E-state index contributed by atoms with van der Waals surface area (Å²) in [6.07, 6.45) is 6.31. The van der Waals surface area contributed by atoms with Crippen molar-refractivity contribution in [1.82, 2.24) is 15.1 Å². The monoisotopic (exact) mass is 508 g/mol. The summed E-state index contributed by atoms with van der Waals surface area (Å²) in [6.45, 7) is 2.97. The SMILES string of the molecule is COc1c(NC(/C=C(\N)NC(=O)C2CC2)=C(\C)N)cccc1-c1cn(C2CCOC2)nc1C#N.NC=O. The number of nitriles is 1. The lowest BCUT2D eigenvalue weighted by Crippen LogP contribution is -2.29. The van der Waals surface area contributed by atoms with Crippen LogP contribution in [0.5, 0.6) is 5.75 Å². The van der Waals surface area contributed by atoms with Crippen molar-refractivity contribution in [3.63, 3.8) is 0 Å². The number of nitrogens with zero attached hydrogens (tertiary/aromatic N) is 3. The first kappa shape index (κ1) is 27.1. The van der Waals surface area contributed by atoms with E-state index in [1.54, 1.807) is 24.8 Å². The molecule has 0 radical (unpaired) electrons. The summed E-state index contributed by atoms with van der Waals surface area (Å²) in [4.78, 5) is 20.6. The maximum Gasteiger partial charge on any atom is 0.228 e. The molecule has 1 aliphatic carbocycles. The van der Waals surface area contributed by atoms with E-state index in [-0.39, 0.29) is 30.1 Å². The highest BCUT2D eigenvalue weighted by Gasteiger charge is 2.29. The van der Waals surface area contributed by atoms with Crippen molar-refractivity contribution in [2.45, 2.75) is 32.2 Å². The molecule has 4 rings (SSSR count). The quantitative estimate of drug-likeness (QED) is 0.259. The molecule has 12 nitrogen and oxygen atoms in total. The number of methoxy groups -OCH3 is 1. The van der Waals surface area contributed by atoms with Gasteiger partial charge in [0.1, 0.15) is 17.6 Å². The van der Waals surface area contributed by atoms with E-state index in [0.29, 0.717) is 52.9 Å². The average molecular weight is 509 g/mol. The number of nitrogens with two attached hydrogens (primary N) is 3. The van der Waals surface area contributed by atoms with Crippen molar-refractivity contribution in [2.24, 2.45) is 23.1 Å². The third-order valence-corrected chi connectivity index (χ3v) is 5.84. The smallest absolute Gasteiger partial charge is 0.228 e. The van der Waals surface area contributed by atoms with Gasteiger partial charge < -0.3 is 37.3 Å². The standard InChI is InChI=1S/C24H29N7O3.CH3NO/c1-14(26)20(10-22(27)29-24(32)15-6-7-15)28-19-5-3-4-17(23(19)33-2)18-12-31(30-21(18)11-25)16-8-9-34-13-16;2-1-3/h3-5,10,12,15-16,28H,6-9,13,26-27H2,1-2H3,(H,29,32);1H,(H2,2,3)/b20-14+,22-10+;. The van der Waals surface area contributed by atoms with Gasteiger partial charge in [-0.1, -0.05) is 12.1 Å². The zero-order chi connectivity index (χ0) is 26.9. The number of amides is 2. The van der Waals surface area contributed by atoms with Gasteiger partial charge in [0.25, 0.3) is 0 Å². The van der Waals surface area contributed by atoms with E-state index >= 15 is 0 Å². The molecule has 2 aliphatic rings. The lowest BCUT2D eigenvalue weighted by atomic mass is 10.0. The van der Waals surface area contributed by atoms with Crippen LogP contribution in [0.1, 0.15) is 37.9 Å². The van der Waals surface area contributed by atoms with E-state index in [1.807, 2.05) is 24.4 Å². The topological polar surface area (TPSA) is 196 Å². The third kappa shape index (κ3) is 6.80. The van der Waals surface area contributed by atoms with Crippen molar-refractivity contribution in [3.8, 4) is 22.9 Å². The Labute approximate surface area is 215 Å². The van der Waals surface area contributed by atoms with Crippen LogP contribution in [0.25, 0.3) is 11.1 Å². The Morgan fingerprint density at radius 1 is 1.30 bits per heavy atom. The molecule has 0 bridgehead atoms.